The first-order valence-electron chi connectivity index (χ1n) is 6.59. The molecule has 1 aromatic rings. The number of hydrogen-bond donors (Lipinski definition) is 3. The van der Waals surface area contributed by atoms with E-state index >= 15 is 0 Å². The molecule has 0 aromatic heterocycles. The molecule has 0 atom stereocenters. The summed E-state index contributed by atoms with van der Waals surface area (Å²) in [6.45, 7) is 1.46. The number of carbonyl (C=O) groups is 1. The lowest BCUT2D eigenvalue weighted by Gasteiger charge is -2.07. The summed E-state index contributed by atoms with van der Waals surface area (Å²) in [7, 11) is 0. The first-order valence-corrected chi connectivity index (χ1v) is 6.97. The molecule has 0 bridgehead atoms. The quantitative estimate of drug-likeness (QED) is 0.642. The van der Waals surface area contributed by atoms with Gasteiger partial charge in [-0.25, -0.2) is 4.79 Å². The Morgan fingerprint density at radius 2 is 1.74 bits per heavy atom. The number of rotatable bonds is 8. The van der Waals surface area contributed by atoms with Crippen LogP contribution in [0.4, 0.5) is 4.79 Å². The fraction of sp³-hybridized carbons (Fsp3) is 0.500. The normalized spacial score (nSPS) is 10.2. The summed E-state index contributed by atoms with van der Waals surface area (Å²) >= 11 is 5.79. The van der Waals surface area contributed by atoms with Crippen LogP contribution >= 0.6 is 11.6 Å². The predicted molar refractivity (Wildman–Crippen MR) is 77.5 cm³/mol. The Labute approximate surface area is 119 Å². The number of unbranched alkanes of at least 4 members (excludes halogenated alkanes) is 2. The summed E-state index contributed by atoms with van der Waals surface area (Å²) < 4.78 is 0. The molecule has 0 unspecified atom stereocenters. The summed E-state index contributed by atoms with van der Waals surface area (Å²) in [6.07, 6.45) is 3.40. The van der Waals surface area contributed by atoms with E-state index in [-0.39, 0.29) is 12.6 Å². The van der Waals surface area contributed by atoms with E-state index in [1.165, 1.54) is 0 Å². The minimum Gasteiger partial charge on any atom is -0.396 e. The zero-order chi connectivity index (χ0) is 13.9. The summed E-state index contributed by atoms with van der Waals surface area (Å²) in [5, 5.41) is 14.9. The molecule has 0 saturated carbocycles. The van der Waals surface area contributed by atoms with Crippen molar-refractivity contribution < 1.29 is 9.90 Å². The molecule has 0 heterocycles. The molecule has 0 aliphatic carbocycles. The maximum absolute atomic E-state index is 11.4. The van der Waals surface area contributed by atoms with Crippen LogP contribution in [0.3, 0.4) is 0 Å². The highest BCUT2D eigenvalue weighted by atomic mass is 35.5. The summed E-state index contributed by atoms with van der Waals surface area (Å²) in [4.78, 5) is 11.4. The summed E-state index contributed by atoms with van der Waals surface area (Å²) in [5.74, 6) is 0. The standard InChI is InChI=1S/C14H21ClN2O2/c15-13-6-4-12(5-7-13)8-10-17-14(19)16-9-2-1-3-11-18/h4-7,18H,1-3,8-11H2,(H2,16,17,19). The largest absolute Gasteiger partial charge is 0.396 e. The lowest BCUT2D eigenvalue weighted by Crippen LogP contribution is -2.37. The van der Waals surface area contributed by atoms with Crippen LogP contribution < -0.4 is 10.6 Å². The van der Waals surface area contributed by atoms with Crippen molar-refractivity contribution in [1.29, 1.82) is 0 Å². The minimum absolute atomic E-state index is 0.141. The SMILES string of the molecule is O=C(NCCCCCO)NCCc1ccc(Cl)cc1. The highest BCUT2D eigenvalue weighted by Gasteiger charge is 1.99. The zero-order valence-corrected chi connectivity index (χ0v) is 11.7. The Hall–Kier alpha value is -1.26. The monoisotopic (exact) mass is 284 g/mol. The predicted octanol–water partition coefficient (Wildman–Crippen LogP) is 2.34. The number of amides is 2. The first-order chi connectivity index (χ1) is 9.22. The van der Waals surface area contributed by atoms with Crippen molar-refractivity contribution in [3.05, 3.63) is 34.9 Å². The molecule has 0 spiro atoms. The number of aliphatic hydroxyl groups is 1. The molecule has 0 fully saturated rings. The Kier molecular flexibility index (Phi) is 8.02. The van der Waals surface area contributed by atoms with E-state index in [1.54, 1.807) is 0 Å². The van der Waals surface area contributed by atoms with E-state index in [0.29, 0.717) is 13.1 Å². The smallest absolute Gasteiger partial charge is 0.314 e. The number of halogens is 1. The number of nitrogens with one attached hydrogen (secondary N) is 2. The Bertz CT molecular complexity index is 368. The molecule has 0 aliphatic heterocycles. The molecule has 0 saturated heterocycles. The molecule has 19 heavy (non-hydrogen) atoms. The fourth-order valence-electron chi connectivity index (χ4n) is 1.65. The van der Waals surface area contributed by atoms with Gasteiger partial charge in [0.25, 0.3) is 0 Å². The molecule has 0 aliphatic rings. The van der Waals surface area contributed by atoms with Gasteiger partial charge in [0.05, 0.1) is 0 Å². The van der Waals surface area contributed by atoms with Gasteiger partial charge < -0.3 is 15.7 Å². The summed E-state index contributed by atoms with van der Waals surface area (Å²) in [6, 6.07) is 7.46. The van der Waals surface area contributed by atoms with Gasteiger partial charge in [-0.15, -0.1) is 0 Å². The van der Waals surface area contributed by atoms with Gasteiger partial charge in [-0.05, 0) is 43.4 Å². The second kappa shape index (κ2) is 9.64. The van der Waals surface area contributed by atoms with E-state index < -0.39 is 0 Å². The topological polar surface area (TPSA) is 61.4 Å². The van der Waals surface area contributed by atoms with Crippen molar-refractivity contribution in [1.82, 2.24) is 10.6 Å². The number of hydrogen-bond acceptors (Lipinski definition) is 2. The average Bonchev–Trinajstić information content (AvgIpc) is 2.41. The van der Waals surface area contributed by atoms with Crippen LogP contribution in [0, 0.1) is 0 Å². The first kappa shape index (κ1) is 15.8. The van der Waals surface area contributed by atoms with Gasteiger partial charge in [0.2, 0.25) is 0 Å². The van der Waals surface area contributed by atoms with Crippen molar-refractivity contribution in [2.45, 2.75) is 25.7 Å². The molecular weight excluding hydrogens is 264 g/mol. The molecule has 106 valence electrons. The molecule has 2 amide bonds. The van der Waals surface area contributed by atoms with Gasteiger partial charge in [0, 0.05) is 24.7 Å². The van der Waals surface area contributed by atoms with Crippen LogP contribution in [-0.4, -0.2) is 30.8 Å². The number of urea groups is 1. The zero-order valence-electron chi connectivity index (χ0n) is 11.0. The van der Waals surface area contributed by atoms with Gasteiger partial charge in [-0.3, -0.25) is 0 Å². The van der Waals surface area contributed by atoms with Crippen LogP contribution in [-0.2, 0) is 6.42 Å². The molecule has 5 heteroatoms. The average molecular weight is 285 g/mol. The van der Waals surface area contributed by atoms with Gasteiger partial charge in [0.15, 0.2) is 0 Å². The Morgan fingerprint density at radius 1 is 1.05 bits per heavy atom. The Morgan fingerprint density at radius 3 is 2.42 bits per heavy atom. The van der Waals surface area contributed by atoms with Gasteiger partial charge in [-0.1, -0.05) is 23.7 Å². The van der Waals surface area contributed by atoms with Crippen molar-refractivity contribution in [2.24, 2.45) is 0 Å². The molecule has 3 N–H and O–H groups in total. The van der Waals surface area contributed by atoms with E-state index in [9.17, 15) is 4.79 Å². The third-order valence-corrected chi connectivity index (χ3v) is 2.98. The van der Waals surface area contributed by atoms with Crippen molar-refractivity contribution in [3.63, 3.8) is 0 Å². The van der Waals surface area contributed by atoms with E-state index in [2.05, 4.69) is 10.6 Å². The highest BCUT2D eigenvalue weighted by molar-refractivity contribution is 6.30. The fourth-order valence-corrected chi connectivity index (χ4v) is 1.78. The molecule has 0 radical (unpaired) electrons. The van der Waals surface area contributed by atoms with Crippen molar-refractivity contribution in [2.75, 3.05) is 19.7 Å². The van der Waals surface area contributed by atoms with Crippen LogP contribution in [0.1, 0.15) is 24.8 Å². The Balaban J connectivity index is 2.05. The second-order valence-electron chi connectivity index (χ2n) is 4.34. The number of benzene rings is 1. The second-order valence-corrected chi connectivity index (χ2v) is 4.78. The number of aliphatic hydroxyl groups excluding tert-OH is 1. The van der Waals surface area contributed by atoms with Crippen LogP contribution in [0.15, 0.2) is 24.3 Å². The molecule has 1 rings (SSSR count). The van der Waals surface area contributed by atoms with E-state index in [4.69, 9.17) is 16.7 Å². The summed E-state index contributed by atoms with van der Waals surface area (Å²) in [5.41, 5.74) is 1.15. The van der Waals surface area contributed by atoms with Gasteiger partial charge in [0.1, 0.15) is 0 Å². The lowest BCUT2D eigenvalue weighted by atomic mass is 10.1. The van der Waals surface area contributed by atoms with Gasteiger partial charge >= 0.3 is 6.03 Å². The van der Waals surface area contributed by atoms with E-state index in [1.807, 2.05) is 24.3 Å². The van der Waals surface area contributed by atoms with Crippen LogP contribution in [0.25, 0.3) is 0 Å². The maximum Gasteiger partial charge on any atom is 0.314 e. The highest BCUT2D eigenvalue weighted by Crippen LogP contribution is 2.09. The maximum atomic E-state index is 11.4. The third kappa shape index (κ3) is 7.70. The lowest BCUT2D eigenvalue weighted by molar-refractivity contribution is 0.240. The molecular formula is C14H21ClN2O2. The van der Waals surface area contributed by atoms with Crippen molar-refractivity contribution in [3.8, 4) is 0 Å². The molecule has 4 nitrogen and oxygen atoms in total. The van der Waals surface area contributed by atoms with Crippen molar-refractivity contribution >= 4 is 17.6 Å². The third-order valence-electron chi connectivity index (χ3n) is 2.73. The molecule has 1 aromatic carbocycles. The van der Waals surface area contributed by atoms with E-state index in [0.717, 1.165) is 36.3 Å². The minimum atomic E-state index is -0.141. The van der Waals surface area contributed by atoms with Crippen LogP contribution in [0.5, 0.6) is 0 Å². The van der Waals surface area contributed by atoms with Crippen LogP contribution in [0.2, 0.25) is 5.02 Å². The van der Waals surface area contributed by atoms with Gasteiger partial charge in [-0.2, -0.15) is 0 Å². The number of carbonyl (C=O) groups excluding carboxylic acids is 1.